The van der Waals surface area contributed by atoms with Crippen molar-refractivity contribution in [2.75, 3.05) is 0 Å². The molecule has 1 aliphatic carbocycles. The van der Waals surface area contributed by atoms with E-state index in [1.807, 2.05) is 0 Å². The molecule has 9 atom stereocenters. The zero-order chi connectivity index (χ0) is 34.4. The molecule has 4 heterocycles. The van der Waals surface area contributed by atoms with Gasteiger partial charge < -0.3 is 30.5 Å². The van der Waals surface area contributed by atoms with Crippen molar-refractivity contribution in [3.63, 3.8) is 0 Å². The Hall–Kier alpha value is -4.19. The van der Waals surface area contributed by atoms with E-state index in [1.54, 1.807) is 39.8 Å². The third-order valence-corrected chi connectivity index (χ3v) is 9.51. The Kier molecular flexibility index (Phi) is 10.0. The minimum absolute atomic E-state index is 0.0939. The highest BCUT2D eigenvalue weighted by Crippen LogP contribution is 2.38. The summed E-state index contributed by atoms with van der Waals surface area (Å²) in [5.74, 6) is -8.22. The molecule has 5 N–H and O–H groups in total. The first-order valence-electron chi connectivity index (χ1n) is 15.3. The summed E-state index contributed by atoms with van der Waals surface area (Å²) in [4.78, 5) is 66.8. The fourth-order valence-corrected chi connectivity index (χ4v) is 6.39. The van der Waals surface area contributed by atoms with Crippen LogP contribution in [0, 0.1) is 36.5 Å². The van der Waals surface area contributed by atoms with Gasteiger partial charge in [-0.2, -0.15) is 0 Å². The van der Waals surface area contributed by atoms with Gasteiger partial charge in [0, 0.05) is 46.4 Å². The molecular formula is C35H41NO10. The minimum atomic E-state index is -1.32. The van der Waals surface area contributed by atoms with Gasteiger partial charge in [-0.1, -0.05) is 52.0 Å². The number of Topliss-reactive ketones (excluding diaryl/α,β-unsaturated/α-hetero) is 2. The average Bonchev–Trinajstić information content (AvgIpc) is 3.01. The van der Waals surface area contributed by atoms with E-state index in [-0.39, 0.29) is 33.5 Å². The highest BCUT2D eigenvalue weighted by Gasteiger charge is 2.47. The normalized spacial score (nSPS) is 34.7. The van der Waals surface area contributed by atoms with Gasteiger partial charge in [0.15, 0.2) is 11.6 Å². The fourth-order valence-electron chi connectivity index (χ4n) is 6.39. The summed E-state index contributed by atoms with van der Waals surface area (Å²) in [5.41, 5.74) is -1.06. The SMILES string of the molecule is CC1=CC2C(=O)OC(C(C)C2O)C(C)C(O)C(C)C(O)C(C)/C=C\C=C(\C)C(=O)NC2=CC(=O)c3c(cc(C)c(O)c3C1=O)C2=O. The molecule has 4 aliphatic heterocycles. The Balaban J connectivity index is 1.85. The number of nitrogens with one attached hydrogen (secondary N) is 1. The molecular weight excluding hydrogens is 594 g/mol. The first kappa shape index (κ1) is 34.7. The number of aliphatic hydroxyl groups is 3. The van der Waals surface area contributed by atoms with Gasteiger partial charge >= 0.3 is 5.97 Å². The topological polar surface area (TPSA) is 188 Å². The number of benzene rings is 1. The van der Waals surface area contributed by atoms with E-state index in [2.05, 4.69) is 5.32 Å². The van der Waals surface area contributed by atoms with Gasteiger partial charge in [-0.25, -0.2) is 0 Å². The molecule has 5 aliphatic rings. The summed E-state index contributed by atoms with van der Waals surface area (Å²) < 4.78 is 5.71. The van der Waals surface area contributed by atoms with E-state index in [4.69, 9.17) is 4.74 Å². The second-order valence-electron chi connectivity index (χ2n) is 12.8. The monoisotopic (exact) mass is 635 g/mol. The number of allylic oxidation sites excluding steroid dienone is 5. The zero-order valence-corrected chi connectivity index (χ0v) is 26.9. The molecule has 246 valence electrons. The Morgan fingerprint density at radius 1 is 0.783 bits per heavy atom. The van der Waals surface area contributed by atoms with Crippen LogP contribution >= 0.6 is 0 Å². The Bertz CT molecular complexity index is 1610. The van der Waals surface area contributed by atoms with E-state index >= 15 is 0 Å². The number of aromatic hydroxyl groups is 1. The number of ether oxygens (including phenoxy) is 1. The van der Waals surface area contributed by atoms with Gasteiger partial charge in [-0.05, 0) is 38.0 Å². The number of carbonyl (C=O) groups is 5. The van der Waals surface area contributed by atoms with Gasteiger partial charge in [0.25, 0.3) is 5.91 Å². The molecule has 0 spiro atoms. The molecule has 6 bridgehead atoms. The number of esters is 1. The van der Waals surface area contributed by atoms with Gasteiger partial charge in [0.05, 0.1) is 29.6 Å². The molecule has 0 saturated carbocycles. The molecule has 6 rings (SSSR count). The lowest BCUT2D eigenvalue weighted by atomic mass is 9.75. The number of phenols is 1. The predicted octanol–water partition coefficient (Wildman–Crippen LogP) is 2.89. The number of aryl methyl sites for hydroxylation is 1. The summed E-state index contributed by atoms with van der Waals surface area (Å²) in [6.45, 7) is 11.0. The van der Waals surface area contributed by atoms with Crippen LogP contribution in [0.5, 0.6) is 5.75 Å². The number of carbonyl (C=O) groups excluding carboxylic acids is 5. The number of amides is 1. The molecule has 1 amide bonds. The Morgan fingerprint density at radius 2 is 1.41 bits per heavy atom. The Morgan fingerprint density at radius 3 is 2.07 bits per heavy atom. The number of fused-ring (bicyclic) bond motifs is 1. The molecule has 1 fully saturated rings. The summed E-state index contributed by atoms with van der Waals surface area (Å²) in [7, 11) is 0. The molecule has 11 nitrogen and oxygen atoms in total. The van der Waals surface area contributed by atoms with Crippen molar-refractivity contribution < 1.29 is 49.1 Å². The maximum atomic E-state index is 13.8. The van der Waals surface area contributed by atoms with Crippen molar-refractivity contribution in [3.05, 3.63) is 75.5 Å². The molecule has 1 aromatic carbocycles. The van der Waals surface area contributed by atoms with Crippen LogP contribution in [-0.2, 0) is 14.3 Å². The third kappa shape index (κ3) is 6.27. The van der Waals surface area contributed by atoms with Gasteiger partial charge in [0.1, 0.15) is 17.8 Å². The lowest BCUT2D eigenvalue weighted by molar-refractivity contribution is -0.186. The number of hydrogen-bond acceptors (Lipinski definition) is 10. The van der Waals surface area contributed by atoms with Crippen molar-refractivity contribution in [2.24, 2.45) is 29.6 Å². The van der Waals surface area contributed by atoms with Crippen LogP contribution in [0.1, 0.15) is 78.2 Å². The summed E-state index contributed by atoms with van der Waals surface area (Å²) >= 11 is 0. The molecule has 0 radical (unpaired) electrons. The maximum absolute atomic E-state index is 13.8. The van der Waals surface area contributed by atoms with Crippen LogP contribution in [0.2, 0.25) is 0 Å². The lowest BCUT2D eigenvalue weighted by Gasteiger charge is -2.42. The van der Waals surface area contributed by atoms with Crippen molar-refractivity contribution in [3.8, 4) is 5.75 Å². The number of rotatable bonds is 0. The molecule has 9 unspecified atom stereocenters. The number of ketones is 3. The molecule has 1 aromatic rings. The summed E-state index contributed by atoms with van der Waals surface area (Å²) in [5, 5.41) is 46.8. The molecule has 11 heteroatoms. The van der Waals surface area contributed by atoms with Crippen LogP contribution in [-0.4, -0.2) is 74.1 Å². The first-order valence-corrected chi connectivity index (χ1v) is 15.3. The minimum Gasteiger partial charge on any atom is -0.507 e. The highest BCUT2D eigenvalue weighted by molar-refractivity contribution is 6.30. The molecule has 1 saturated heterocycles. The van der Waals surface area contributed by atoms with E-state index in [9.17, 15) is 44.4 Å². The zero-order valence-electron chi connectivity index (χ0n) is 26.9. The van der Waals surface area contributed by atoms with E-state index in [1.165, 1.54) is 39.0 Å². The van der Waals surface area contributed by atoms with Gasteiger partial charge in [0.2, 0.25) is 5.78 Å². The van der Waals surface area contributed by atoms with Crippen LogP contribution in [0.15, 0.2) is 53.3 Å². The quantitative estimate of drug-likeness (QED) is 0.265. The van der Waals surface area contributed by atoms with Crippen LogP contribution in [0.4, 0.5) is 0 Å². The summed E-state index contributed by atoms with van der Waals surface area (Å²) in [6, 6.07) is 1.26. The smallest absolute Gasteiger partial charge is 0.315 e. The molecule has 46 heavy (non-hydrogen) atoms. The standard InChI is InChI=1S/C35H41NO10/c1-14-9-8-10-15(2)34(44)36-23-13-24(37)25-21(32(23)43)11-16(3)28(39)26(25)29(40)17(4)12-22-31(42)20(7)33(46-35(22)45)19(6)30(41)18(5)27(14)38/h8-14,18-20,22,27,30-31,33,38-39,41-42H,1-7H3,(H,36,44)/b9-8-,15-10-,17-12?. The highest BCUT2D eigenvalue weighted by atomic mass is 16.6. The first-order chi connectivity index (χ1) is 21.5. The maximum Gasteiger partial charge on any atom is 0.315 e. The lowest BCUT2D eigenvalue weighted by Crippen LogP contribution is -2.53. The average molecular weight is 636 g/mol. The summed E-state index contributed by atoms with van der Waals surface area (Å²) in [6.07, 6.45) is 2.38. The van der Waals surface area contributed by atoms with Crippen LogP contribution < -0.4 is 5.32 Å². The van der Waals surface area contributed by atoms with Crippen molar-refractivity contribution >= 4 is 29.2 Å². The number of hydrogen-bond donors (Lipinski definition) is 5. The number of aliphatic hydroxyl groups excluding tert-OH is 3. The third-order valence-electron chi connectivity index (χ3n) is 9.51. The second kappa shape index (κ2) is 13.3. The number of phenolic OH excluding ortho intramolecular Hbond substituents is 1. The van der Waals surface area contributed by atoms with Crippen LogP contribution in [0.25, 0.3) is 0 Å². The van der Waals surface area contributed by atoms with E-state index in [0.29, 0.717) is 0 Å². The van der Waals surface area contributed by atoms with Gasteiger partial charge in [-0.3, -0.25) is 24.0 Å². The van der Waals surface area contributed by atoms with Crippen molar-refractivity contribution in [1.82, 2.24) is 5.32 Å². The van der Waals surface area contributed by atoms with Crippen LogP contribution in [0.3, 0.4) is 0 Å². The molecule has 0 aromatic heterocycles. The van der Waals surface area contributed by atoms with Crippen molar-refractivity contribution in [2.45, 2.75) is 72.9 Å². The predicted molar refractivity (Wildman–Crippen MR) is 167 cm³/mol. The van der Waals surface area contributed by atoms with Gasteiger partial charge in [-0.15, -0.1) is 0 Å². The largest absolute Gasteiger partial charge is 0.507 e. The Labute approximate surface area is 267 Å². The second-order valence-corrected chi connectivity index (χ2v) is 12.8. The fraction of sp³-hybridized carbons (Fsp3) is 0.457. The van der Waals surface area contributed by atoms with E-state index < -0.39 is 94.5 Å². The van der Waals surface area contributed by atoms with Crippen molar-refractivity contribution in [1.29, 1.82) is 0 Å². The van der Waals surface area contributed by atoms with E-state index in [0.717, 1.165) is 6.08 Å².